The SMILES string of the molecule is CCCCC12C=CC(CC1C(N)=O)C2. The first kappa shape index (κ1) is 9.75. The molecule has 0 heterocycles. The van der Waals surface area contributed by atoms with Crippen LogP contribution in [0.2, 0.25) is 0 Å². The van der Waals surface area contributed by atoms with Gasteiger partial charge in [-0.3, -0.25) is 4.79 Å². The third kappa shape index (κ3) is 1.37. The maximum absolute atomic E-state index is 11.3. The zero-order valence-electron chi connectivity index (χ0n) is 8.83. The highest BCUT2D eigenvalue weighted by Gasteiger charge is 2.50. The van der Waals surface area contributed by atoms with Gasteiger partial charge in [0.15, 0.2) is 0 Å². The topological polar surface area (TPSA) is 43.1 Å². The van der Waals surface area contributed by atoms with E-state index in [0.29, 0.717) is 5.92 Å². The van der Waals surface area contributed by atoms with Crippen molar-refractivity contribution in [3.8, 4) is 0 Å². The van der Waals surface area contributed by atoms with Gasteiger partial charge in [0.1, 0.15) is 0 Å². The summed E-state index contributed by atoms with van der Waals surface area (Å²) in [5.41, 5.74) is 5.61. The second-order valence-electron chi connectivity index (χ2n) is 4.85. The van der Waals surface area contributed by atoms with Gasteiger partial charge in [-0.2, -0.15) is 0 Å². The lowest BCUT2D eigenvalue weighted by Gasteiger charge is -2.30. The van der Waals surface area contributed by atoms with Crippen LogP contribution in [-0.4, -0.2) is 5.91 Å². The van der Waals surface area contributed by atoms with Crippen molar-refractivity contribution in [3.05, 3.63) is 12.2 Å². The van der Waals surface area contributed by atoms with Crippen molar-refractivity contribution in [3.63, 3.8) is 0 Å². The van der Waals surface area contributed by atoms with Gasteiger partial charge in [0, 0.05) is 11.3 Å². The lowest BCUT2D eigenvalue weighted by Crippen LogP contribution is -2.34. The molecular weight excluding hydrogens is 174 g/mol. The summed E-state index contributed by atoms with van der Waals surface area (Å²) in [6.07, 6.45) is 10.3. The quantitative estimate of drug-likeness (QED) is 0.684. The monoisotopic (exact) mass is 193 g/mol. The van der Waals surface area contributed by atoms with Crippen LogP contribution in [0.5, 0.6) is 0 Å². The molecule has 0 radical (unpaired) electrons. The Kier molecular flexibility index (Phi) is 2.38. The molecule has 2 N–H and O–H groups in total. The number of carbonyl (C=O) groups excluding carboxylic acids is 1. The van der Waals surface area contributed by atoms with Crippen molar-refractivity contribution < 1.29 is 4.79 Å². The van der Waals surface area contributed by atoms with Crippen LogP contribution in [0.15, 0.2) is 12.2 Å². The Hall–Kier alpha value is -0.790. The summed E-state index contributed by atoms with van der Waals surface area (Å²) >= 11 is 0. The molecule has 2 bridgehead atoms. The first-order valence-corrected chi connectivity index (χ1v) is 5.66. The molecule has 0 aromatic heterocycles. The van der Waals surface area contributed by atoms with Gasteiger partial charge in [0.2, 0.25) is 5.91 Å². The molecule has 14 heavy (non-hydrogen) atoms. The lowest BCUT2D eigenvalue weighted by atomic mass is 9.74. The van der Waals surface area contributed by atoms with Crippen LogP contribution < -0.4 is 5.73 Å². The molecule has 0 aliphatic heterocycles. The Morgan fingerprint density at radius 2 is 2.43 bits per heavy atom. The summed E-state index contributed by atoms with van der Waals surface area (Å²) < 4.78 is 0. The summed E-state index contributed by atoms with van der Waals surface area (Å²) in [7, 11) is 0. The van der Waals surface area contributed by atoms with Gasteiger partial charge >= 0.3 is 0 Å². The minimum absolute atomic E-state index is 0.0899. The Bertz CT molecular complexity index is 271. The van der Waals surface area contributed by atoms with Crippen molar-refractivity contribution >= 4 is 5.91 Å². The third-order valence-corrected chi connectivity index (χ3v) is 3.91. The molecule has 1 fully saturated rings. The highest BCUT2D eigenvalue weighted by Crippen LogP contribution is 2.55. The predicted molar refractivity (Wildman–Crippen MR) is 56.5 cm³/mol. The predicted octanol–water partition coefficient (Wildman–Crippen LogP) is 2.24. The highest BCUT2D eigenvalue weighted by molar-refractivity contribution is 5.78. The number of hydrogen-bond donors (Lipinski definition) is 1. The van der Waals surface area contributed by atoms with Crippen molar-refractivity contribution in [1.82, 2.24) is 0 Å². The number of rotatable bonds is 4. The Morgan fingerprint density at radius 1 is 1.64 bits per heavy atom. The van der Waals surface area contributed by atoms with E-state index in [1.165, 1.54) is 19.3 Å². The van der Waals surface area contributed by atoms with E-state index in [1.807, 2.05) is 0 Å². The number of carbonyl (C=O) groups is 1. The van der Waals surface area contributed by atoms with Crippen molar-refractivity contribution in [2.45, 2.75) is 39.0 Å². The minimum atomic E-state index is -0.0899. The van der Waals surface area contributed by atoms with Crippen LogP contribution in [0.3, 0.4) is 0 Å². The number of hydrogen-bond acceptors (Lipinski definition) is 1. The Morgan fingerprint density at radius 3 is 3.00 bits per heavy atom. The summed E-state index contributed by atoms with van der Waals surface area (Å²) in [6, 6.07) is 0. The van der Waals surface area contributed by atoms with Gasteiger partial charge in [0.05, 0.1) is 0 Å². The number of unbranched alkanes of at least 4 members (excludes halogenated alkanes) is 1. The molecule has 1 saturated carbocycles. The lowest BCUT2D eigenvalue weighted by molar-refractivity contribution is -0.124. The van der Waals surface area contributed by atoms with Crippen molar-refractivity contribution in [2.75, 3.05) is 0 Å². The molecule has 2 aliphatic carbocycles. The van der Waals surface area contributed by atoms with Gasteiger partial charge in [-0.1, -0.05) is 31.9 Å². The number of fused-ring (bicyclic) bond motifs is 2. The fourth-order valence-electron chi connectivity index (χ4n) is 3.17. The van der Waals surface area contributed by atoms with Crippen LogP contribution in [0.1, 0.15) is 39.0 Å². The molecule has 2 rings (SSSR count). The van der Waals surface area contributed by atoms with E-state index in [9.17, 15) is 4.79 Å². The van der Waals surface area contributed by atoms with Crippen LogP contribution in [0.4, 0.5) is 0 Å². The smallest absolute Gasteiger partial charge is 0.221 e. The summed E-state index contributed by atoms with van der Waals surface area (Å²) in [5.74, 6) is 0.654. The molecule has 0 saturated heterocycles. The molecular formula is C12H19NO. The van der Waals surface area contributed by atoms with E-state index in [4.69, 9.17) is 5.73 Å². The van der Waals surface area contributed by atoms with Crippen LogP contribution in [0, 0.1) is 17.3 Å². The molecule has 1 amide bonds. The van der Waals surface area contributed by atoms with Gasteiger partial charge < -0.3 is 5.73 Å². The zero-order chi connectivity index (χ0) is 10.2. The average Bonchev–Trinajstić information content (AvgIpc) is 2.71. The van der Waals surface area contributed by atoms with Gasteiger partial charge in [0.25, 0.3) is 0 Å². The van der Waals surface area contributed by atoms with Crippen LogP contribution in [0.25, 0.3) is 0 Å². The fourth-order valence-corrected chi connectivity index (χ4v) is 3.17. The van der Waals surface area contributed by atoms with Crippen LogP contribution >= 0.6 is 0 Å². The number of nitrogens with two attached hydrogens (primary N) is 1. The Balaban J connectivity index is 2.13. The molecule has 0 aromatic carbocycles. The van der Waals surface area contributed by atoms with E-state index in [2.05, 4.69) is 19.1 Å². The maximum Gasteiger partial charge on any atom is 0.221 e. The minimum Gasteiger partial charge on any atom is -0.369 e. The Labute approximate surface area is 85.6 Å². The summed E-state index contributed by atoms with van der Waals surface area (Å²) in [6.45, 7) is 2.20. The van der Waals surface area contributed by atoms with Gasteiger partial charge in [-0.15, -0.1) is 0 Å². The largest absolute Gasteiger partial charge is 0.369 e. The average molecular weight is 193 g/mol. The van der Waals surface area contributed by atoms with Gasteiger partial charge in [-0.05, 0) is 25.2 Å². The van der Waals surface area contributed by atoms with Gasteiger partial charge in [-0.25, -0.2) is 0 Å². The summed E-state index contributed by atoms with van der Waals surface area (Å²) in [4.78, 5) is 11.3. The molecule has 2 nitrogen and oxygen atoms in total. The summed E-state index contributed by atoms with van der Waals surface area (Å²) in [5, 5.41) is 0. The number of amides is 1. The second kappa shape index (κ2) is 3.41. The first-order chi connectivity index (χ1) is 6.68. The maximum atomic E-state index is 11.3. The van der Waals surface area contributed by atoms with Crippen molar-refractivity contribution in [1.29, 1.82) is 0 Å². The van der Waals surface area contributed by atoms with E-state index in [1.54, 1.807) is 0 Å². The number of allylic oxidation sites excluding steroid dienone is 2. The van der Waals surface area contributed by atoms with E-state index < -0.39 is 0 Å². The standard InChI is InChI=1S/C12H19NO/c1-2-3-5-12-6-4-9(8-12)7-10(12)11(13)14/h4,6,9-10H,2-3,5,7-8H2,1H3,(H2,13,14). The zero-order valence-corrected chi connectivity index (χ0v) is 8.83. The van der Waals surface area contributed by atoms with E-state index in [-0.39, 0.29) is 17.2 Å². The molecule has 0 spiro atoms. The molecule has 78 valence electrons. The van der Waals surface area contributed by atoms with E-state index in [0.717, 1.165) is 12.8 Å². The molecule has 0 aromatic rings. The second-order valence-corrected chi connectivity index (χ2v) is 4.85. The normalized spacial score (nSPS) is 39.2. The van der Waals surface area contributed by atoms with E-state index >= 15 is 0 Å². The molecule has 2 aliphatic rings. The molecule has 3 atom stereocenters. The molecule has 3 unspecified atom stereocenters. The fraction of sp³-hybridized carbons (Fsp3) is 0.750. The first-order valence-electron chi connectivity index (χ1n) is 5.66. The molecule has 2 heteroatoms. The third-order valence-electron chi connectivity index (χ3n) is 3.91. The van der Waals surface area contributed by atoms with Crippen molar-refractivity contribution in [2.24, 2.45) is 23.0 Å². The number of primary amides is 1. The van der Waals surface area contributed by atoms with Crippen LogP contribution in [-0.2, 0) is 4.79 Å². The highest BCUT2D eigenvalue weighted by atomic mass is 16.1.